The minimum Gasteiger partial charge on any atom is -0.372 e. The fraction of sp³-hybridized carbons (Fsp3) is 1.00. The average Bonchev–Trinajstić information content (AvgIpc) is 3.65. The van der Waals surface area contributed by atoms with Gasteiger partial charge in [0.05, 0.1) is 50.8 Å². The van der Waals surface area contributed by atoms with Crippen molar-refractivity contribution in [2.75, 3.05) is 65.7 Å². The first-order valence-corrected chi connectivity index (χ1v) is 14.5. The third kappa shape index (κ3) is 6.54. The molecule has 196 valence electrons. The highest BCUT2D eigenvalue weighted by Crippen LogP contribution is 2.51. The van der Waals surface area contributed by atoms with Gasteiger partial charge in [-0.05, 0) is 35.5 Å². The first-order valence-electron chi connectivity index (χ1n) is 14.5. The molecular weight excluding hydrogens is 428 g/mol. The Labute approximate surface area is 208 Å². The highest BCUT2D eigenvalue weighted by Gasteiger charge is 2.49. The van der Waals surface area contributed by atoms with Gasteiger partial charge in [0.2, 0.25) is 0 Å². The zero-order valence-electron chi connectivity index (χ0n) is 22.2. The fourth-order valence-electron chi connectivity index (χ4n) is 7.76. The number of hydrogen-bond acceptors (Lipinski definition) is 6. The highest BCUT2D eigenvalue weighted by atomic mass is 16.6. The molecule has 0 aromatic rings. The first kappa shape index (κ1) is 25.4. The molecule has 0 bridgehead atoms. The minimum atomic E-state index is 0.448. The lowest BCUT2D eigenvalue weighted by Crippen LogP contribution is -2.54. The summed E-state index contributed by atoms with van der Waals surface area (Å²) in [6.07, 6.45) is 7.04. The quantitative estimate of drug-likeness (QED) is 0.316. The van der Waals surface area contributed by atoms with E-state index in [-0.39, 0.29) is 0 Å². The van der Waals surface area contributed by atoms with Crippen LogP contribution in [-0.2, 0) is 18.9 Å². The topological polar surface area (TPSA) is 56.6 Å². The Morgan fingerprint density at radius 2 is 0.647 bits per heavy atom. The maximum Gasteiger partial charge on any atom is 0.0936 e. The molecule has 34 heavy (non-hydrogen) atoms. The number of ether oxygens (including phenoxy) is 4. The van der Waals surface area contributed by atoms with Gasteiger partial charge in [-0.2, -0.15) is 0 Å². The van der Waals surface area contributed by atoms with Gasteiger partial charge in [0.15, 0.2) is 0 Å². The summed E-state index contributed by atoms with van der Waals surface area (Å²) >= 11 is 0. The van der Waals surface area contributed by atoms with Crippen molar-refractivity contribution in [1.82, 2.24) is 9.80 Å². The predicted molar refractivity (Wildman–Crippen MR) is 134 cm³/mol. The minimum absolute atomic E-state index is 0.448. The van der Waals surface area contributed by atoms with Crippen LogP contribution in [0.1, 0.15) is 53.4 Å². The summed E-state index contributed by atoms with van der Waals surface area (Å²) in [5, 5.41) is 0. The predicted octanol–water partition coefficient (Wildman–Crippen LogP) is 3.54. The maximum atomic E-state index is 5.68. The lowest BCUT2D eigenvalue weighted by Gasteiger charge is -2.54. The zero-order chi connectivity index (χ0) is 23.7. The highest BCUT2D eigenvalue weighted by molar-refractivity contribution is 4.99. The lowest BCUT2D eigenvalue weighted by molar-refractivity contribution is -0.0561. The Kier molecular flexibility index (Phi) is 8.55. The summed E-state index contributed by atoms with van der Waals surface area (Å²) in [7, 11) is 0. The molecule has 0 spiro atoms. The molecule has 6 heteroatoms. The molecule has 5 fully saturated rings. The van der Waals surface area contributed by atoms with Gasteiger partial charge in [-0.1, -0.05) is 53.4 Å². The van der Waals surface area contributed by atoms with Gasteiger partial charge in [-0.15, -0.1) is 0 Å². The van der Waals surface area contributed by atoms with Crippen LogP contribution in [0, 0.1) is 35.5 Å². The second-order valence-corrected chi connectivity index (χ2v) is 11.9. The molecule has 10 unspecified atom stereocenters. The molecule has 5 rings (SSSR count). The molecule has 0 radical (unpaired) electrons. The summed E-state index contributed by atoms with van der Waals surface area (Å²) < 4.78 is 22.7. The smallest absolute Gasteiger partial charge is 0.0936 e. The molecule has 5 aliphatic rings. The van der Waals surface area contributed by atoms with Crippen LogP contribution in [-0.4, -0.2) is 99.9 Å². The van der Waals surface area contributed by atoms with Crippen LogP contribution < -0.4 is 0 Å². The van der Waals surface area contributed by atoms with Crippen molar-refractivity contribution in [1.29, 1.82) is 0 Å². The van der Waals surface area contributed by atoms with Gasteiger partial charge in [-0.25, -0.2) is 0 Å². The number of nitrogens with zero attached hydrogens (tertiary/aromatic N) is 2. The first-order chi connectivity index (χ1) is 16.6. The second-order valence-electron chi connectivity index (χ2n) is 11.9. The van der Waals surface area contributed by atoms with Crippen molar-refractivity contribution in [3.8, 4) is 0 Å². The van der Waals surface area contributed by atoms with Crippen molar-refractivity contribution in [3.05, 3.63) is 0 Å². The van der Waals surface area contributed by atoms with Crippen LogP contribution >= 0.6 is 0 Å². The third-order valence-corrected chi connectivity index (χ3v) is 9.58. The van der Waals surface area contributed by atoms with Crippen molar-refractivity contribution < 1.29 is 18.9 Å². The Hall–Kier alpha value is -0.240. The van der Waals surface area contributed by atoms with Gasteiger partial charge in [0.25, 0.3) is 0 Å². The van der Waals surface area contributed by atoms with Crippen LogP contribution in [0.15, 0.2) is 0 Å². The van der Waals surface area contributed by atoms with Crippen molar-refractivity contribution in [3.63, 3.8) is 0 Å². The molecule has 10 atom stereocenters. The zero-order valence-corrected chi connectivity index (χ0v) is 22.2. The number of rotatable bonds is 16. The van der Waals surface area contributed by atoms with Crippen LogP contribution in [0.3, 0.4) is 0 Å². The molecule has 6 nitrogen and oxygen atoms in total. The Morgan fingerprint density at radius 3 is 0.853 bits per heavy atom. The Morgan fingerprint density at radius 1 is 0.412 bits per heavy atom. The molecule has 0 aromatic heterocycles. The Balaban J connectivity index is 1.39. The molecule has 0 N–H and O–H groups in total. The molecule has 4 aliphatic heterocycles. The van der Waals surface area contributed by atoms with E-state index < -0.39 is 0 Å². The van der Waals surface area contributed by atoms with Gasteiger partial charge in [-0.3, -0.25) is 9.80 Å². The van der Waals surface area contributed by atoms with Crippen LogP contribution in [0.4, 0.5) is 0 Å². The van der Waals surface area contributed by atoms with Gasteiger partial charge < -0.3 is 18.9 Å². The fourth-order valence-corrected chi connectivity index (χ4v) is 7.76. The summed E-state index contributed by atoms with van der Waals surface area (Å²) in [4.78, 5) is 5.44. The van der Waals surface area contributed by atoms with Crippen molar-refractivity contribution in [2.45, 2.75) is 77.8 Å². The summed E-state index contributed by atoms with van der Waals surface area (Å²) in [6.45, 7) is 20.3. The SMILES string of the molecule is CCC1C(CC)C(CC)C(CN(CC2CO2)CC2CO2)C(CN(CC2CO2)CC2CO2)C1CC. The molecule has 1 aliphatic carbocycles. The normalized spacial score (nSPS) is 42.9. The standard InChI is InChI=1S/C28H50N2O4/c1-5-23-24(6-2)26(8-4)28(14-30(11-21-17-33-21)12-22-18-34-22)27(25(23)7-3)13-29(9-19-15-31-19)10-20-16-32-20/h19-28H,5-18H2,1-4H3. The van der Waals surface area contributed by atoms with E-state index in [4.69, 9.17) is 18.9 Å². The average molecular weight is 479 g/mol. The third-order valence-electron chi connectivity index (χ3n) is 9.58. The van der Waals surface area contributed by atoms with E-state index in [0.717, 1.165) is 88.1 Å². The lowest BCUT2D eigenvalue weighted by atomic mass is 9.54. The molecule has 0 amide bonds. The molecule has 1 saturated carbocycles. The maximum absolute atomic E-state index is 5.68. The van der Waals surface area contributed by atoms with Gasteiger partial charge >= 0.3 is 0 Å². The summed E-state index contributed by atoms with van der Waals surface area (Å²) in [5.74, 6) is 4.79. The Bertz CT molecular complexity index is 552. The monoisotopic (exact) mass is 478 g/mol. The van der Waals surface area contributed by atoms with E-state index in [1.165, 1.54) is 38.8 Å². The van der Waals surface area contributed by atoms with Crippen molar-refractivity contribution in [2.24, 2.45) is 35.5 Å². The van der Waals surface area contributed by atoms with Gasteiger partial charge in [0.1, 0.15) is 0 Å². The van der Waals surface area contributed by atoms with Crippen molar-refractivity contribution >= 4 is 0 Å². The van der Waals surface area contributed by atoms with E-state index in [2.05, 4.69) is 37.5 Å². The number of hydrogen-bond donors (Lipinski definition) is 0. The van der Waals surface area contributed by atoms with Crippen LogP contribution in [0.2, 0.25) is 0 Å². The summed E-state index contributed by atoms with van der Waals surface area (Å²) in [5.41, 5.74) is 0. The van der Waals surface area contributed by atoms with E-state index in [9.17, 15) is 0 Å². The molecule has 4 heterocycles. The van der Waals surface area contributed by atoms with Crippen LogP contribution in [0.5, 0.6) is 0 Å². The number of epoxide rings is 4. The van der Waals surface area contributed by atoms with Crippen LogP contribution in [0.25, 0.3) is 0 Å². The molecule has 4 saturated heterocycles. The second kappa shape index (κ2) is 11.4. The van der Waals surface area contributed by atoms with E-state index in [0.29, 0.717) is 24.4 Å². The van der Waals surface area contributed by atoms with E-state index in [1.54, 1.807) is 0 Å². The molecular formula is C28H50N2O4. The molecule has 0 aromatic carbocycles. The van der Waals surface area contributed by atoms with Gasteiger partial charge in [0, 0.05) is 39.3 Å². The largest absolute Gasteiger partial charge is 0.372 e. The summed E-state index contributed by atoms with van der Waals surface area (Å²) in [6, 6.07) is 0. The van der Waals surface area contributed by atoms with E-state index >= 15 is 0 Å². The van der Waals surface area contributed by atoms with E-state index in [1.807, 2.05) is 0 Å².